The van der Waals surface area contributed by atoms with E-state index in [9.17, 15) is 9.59 Å². The fourth-order valence-electron chi connectivity index (χ4n) is 3.35. The summed E-state index contributed by atoms with van der Waals surface area (Å²) in [4.78, 5) is 26.0. The van der Waals surface area contributed by atoms with Gasteiger partial charge in [0.25, 0.3) is 0 Å². The zero-order valence-corrected chi connectivity index (χ0v) is 14.7. The van der Waals surface area contributed by atoms with Crippen molar-refractivity contribution >= 4 is 11.6 Å². The van der Waals surface area contributed by atoms with Crippen molar-refractivity contribution in [1.29, 1.82) is 0 Å². The molecule has 2 nitrogen and oxygen atoms in total. The molecule has 0 saturated carbocycles. The Bertz CT molecular complexity index is 863. The summed E-state index contributed by atoms with van der Waals surface area (Å²) in [6, 6.07) is 20.3. The molecule has 0 atom stereocenters. The first-order valence-corrected chi connectivity index (χ1v) is 8.31. The Balaban J connectivity index is 2.16. The molecule has 0 saturated heterocycles. The fourth-order valence-corrected chi connectivity index (χ4v) is 3.35. The van der Waals surface area contributed by atoms with Crippen molar-refractivity contribution in [1.82, 2.24) is 0 Å². The molecule has 0 bridgehead atoms. The number of hydrogen-bond acceptors (Lipinski definition) is 2. The number of rotatable bonds is 4. The molecular formula is C23H20O2. The molecule has 3 aromatic carbocycles. The van der Waals surface area contributed by atoms with E-state index < -0.39 is 0 Å². The third-order valence-corrected chi connectivity index (χ3v) is 4.50. The van der Waals surface area contributed by atoms with Gasteiger partial charge in [-0.05, 0) is 37.5 Å². The van der Waals surface area contributed by atoms with Crippen LogP contribution in [0.25, 0.3) is 0 Å². The quantitative estimate of drug-likeness (QED) is 0.626. The lowest BCUT2D eigenvalue weighted by molar-refractivity contribution is 0.103. The molecule has 0 spiro atoms. The van der Waals surface area contributed by atoms with Gasteiger partial charge in [0.1, 0.15) is 0 Å². The number of benzene rings is 3. The molecule has 0 unspecified atom stereocenters. The summed E-state index contributed by atoms with van der Waals surface area (Å²) in [5, 5.41) is 0. The molecule has 2 heteroatoms. The number of carbonyl (C=O) groups excluding carboxylic acids is 2. The second kappa shape index (κ2) is 6.86. The Morgan fingerprint density at radius 2 is 0.960 bits per heavy atom. The van der Waals surface area contributed by atoms with E-state index >= 15 is 0 Å². The molecule has 0 aliphatic heterocycles. The SMILES string of the molecule is Cc1cc(C)c(C(=O)c2ccccc2)c(C)c1C(=O)c1ccccc1. The van der Waals surface area contributed by atoms with Crippen LogP contribution in [0.3, 0.4) is 0 Å². The average Bonchev–Trinajstić information content (AvgIpc) is 2.62. The summed E-state index contributed by atoms with van der Waals surface area (Å²) in [7, 11) is 0. The van der Waals surface area contributed by atoms with Crippen LogP contribution in [-0.4, -0.2) is 11.6 Å². The molecule has 0 amide bonds. The molecular weight excluding hydrogens is 308 g/mol. The van der Waals surface area contributed by atoms with E-state index in [0.717, 1.165) is 16.7 Å². The maximum absolute atomic E-state index is 13.0. The van der Waals surface area contributed by atoms with Crippen molar-refractivity contribution in [2.45, 2.75) is 20.8 Å². The van der Waals surface area contributed by atoms with Gasteiger partial charge in [-0.1, -0.05) is 66.7 Å². The average molecular weight is 328 g/mol. The van der Waals surface area contributed by atoms with Crippen LogP contribution in [0.1, 0.15) is 48.5 Å². The van der Waals surface area contributed by atoms with Crippen molar-refractivity contribution < 1.29 is 9.59 Å². The minimum atomic E-state index is -0.0438. The van der Waals surface area contributed by atoms with Gasteiger partial charge in [-0.3, -0.25) is 9.59 Å². The standard InChI is InChI=1S/C23H20O2/c1-15-14-16(2)21(23(25)19-12-8-5-9-13-19)17(3)20(15)22(24)18-10-6-4-7-11-18/h4-14H,1-3H3. The van der Waals surface area contributed by atoms with Gasteiger partial charge < -0.3 is 0 Å². The van der Waals surface area contributed by atoms with E-state index in [0.29, 0.717) is 22.3 Å². The van der Waals surface area contributed by atoms with Crippen molar-refractivity contribution in [3.05, 3.63) is 106 Å². The first kappa shape index (κ1) is 16.8. The molecule has 0 aromatic heterocycles. The summed E-state index contributed by atoms with van der Waals surface area (Å²) in [5.41, 5.74) is 5.06. The topological polar surface area (TPSA) is 34.1 Å². The monoisotopic (exact) mass is 328 g/mol. The summed E-state index contributed by atoms with van der Waals surface area (Å²) >= 11 is 0. The first-order chi connectivity index (χ1) is 12.0. The number of carbonyl (C=O) groups is 2. The summed E-state index contributed by atoms with van der Waals surface area (Å²) in [6.07, 6.45) is 0. The van der Waals surface area contributed by atoms with E-state index in [-0.39, 0.29) is 11.6 Å². The predicted molar refractivity (Wildman–Crippen MR) is 100 cm³/mol. The molecule has 0 radical (unpaired) electrons. The van der Waals surface area contributed by atoms with Gasteiger partial charge in [0.2, 0.25) is 0 Å². The van der Waals surface area contributed by atoms with E-state index in [1.54, 1.807) is 24.3 Å². The van der Waals surface area contributed by atoms with Gasteiger partial charge in [-0.15, -0.1) is 0 Å². The van der Waals surface area contributed by atoms with E-state index in [4.69, 9.17) is 0 Å². The molecule has 0 aliphatic rings. The minimum Gasteiger partial charge on any atom is -0.289 e. The number of aryl methyl sites for hydroxylation is 2. The van der Waals surface area contributed by atoms with Crippen molar-refractivity contribution in [3.63, 3.8) is 0 Å². The summed E-state index contributed by atoms with van der Waals surface area (Å²) in [5.74, 6) is -0.0876. The molecule has 0 fully saturated rings. The maximum atomic E-state index is 13.0. The van der Waals surface area contributed by atoms with E-state index in [1.807, 2.05) is 63.2 Å². The fraction of sp³-hybridized carbons (Fsp3) is 0.130. The molecule has 3 rings (SSSR count). The van der Waals surface area contributed by atoms with Crippen molar-refractivity contribution in [2.75, 3.05) is 0 Å². The second-order valence-corrected chi connectivity index (χ2v) is 6.28. The molecule has 3 aromatic rings. The zero-order chi connectivity index (χ0) is 18.0. The van der Waals surface area contributed by atoms with Crippen molar-refractivity contribution in [3.8, 4) is 0 Å². The Morgan fingerprint density at radius 3 is 1.32 bits per heavy atom. The Morgan fingerprint density at radius 1 is 0.600 bits per heavy atom. The lowest BCUT2D eigenvalue weighted by Gasteiger charge is -2.16. The van der Waals surface area contributed by atoms with Crippen LogP contribution in [0.15, 0.2) is 66.7 Å². The van der Waals surface area contributed by atoms with Gasteiger partial charge >= 0.3 is 0 Å². The highest BCUT2D eigenvalue weighted by Crippen LogP contribution is 2.27. The lowest BCUT2D eigenvalue weighted by Crippen LogP contribution is -2.13. The van der Waals surface area contributed by atoms with Crippen LogP contribution >= 0.6 is 0 Å². The van der Waals surface area contributed by atoms with Crippen LogP contribution in [0, 0.1) is 20.8 Å². The predicted octanol–water partition coefficient (Wildman–Crippen LogP) is 5.07. The number of ketones is 2. The third-order valence-electron chi connectivity index (χ3n) is 4.50. The first-order valence-electron chi connectivity index (χ1n) is 8.31. The molecule has 124 valence electrons. The summed E-state index contributed by atoms with van der Waals surface area (Å²) in [6.45, 7) is 5.71. The third kappa shape index (κ3) is 3.16. The van der Waals surface area contributed by atoms with Gasteiger partial charge in [0, 0.05) is 22.3 Å². The molecule has 0 aliphatic carbocycles. The minimum absolute atomic E-state index is 0.0438. The van der Waals surface area contributed by atoms with Gasteiger partial charge in [-0.25, -0.2) is 0 Å². The second-order valence-electron chi connectivity index (χ2n) is 6.28. The smallest absolute Gasteiger partial charge is 0.193 e. The molecule has 0 heterocycles. The Labute approximate surface area is 148 Å². The zero-order valence-electron chi connectivity index (χ0n) is 14.7. The molecule has 25 heavy (non-hydrogen) atoms. The maximum Gasteiger partial charge on any atom is 0.193 e. The normalized spacial score (nSPS) is 10.5. The van der Waals surface area contributed by atoms with Crippen LogP contribution in [0.5, 0.6) is 0 Å². The van der Waals surface area contributed by atoms with Crippen LogP contribution in [-0.2, 0) is 0 Å². The Hall–Kier alpha value is -3.00. The molecule has 0 N–H and O–H groups in total. The Kier molecular flexibility index (Phi) is 4.62. The lowest BCUT2D eigenvalue weighted by atomic mass is 9.86. The van der Waals surface area contributed by atoms with Crippen LogP contribution < -0.4 is 0 Å². The van der Waals surface area contributed by atoms with Gasteiger partial charge in [-0.2, -0.15) is 0 Å². The highest BCUT2D eigenvalue weighted by atomic mass is 16.1. The highest BCUT2D eigenvalue weighted by molar-refractivity contribution is 6.16. The van der Waals surface area contributed by atoms with Crippen LogP contribution in [0.2, 0.25) is 0 Å². The highest BCUT2D eigenvalue weighted by Gasteiger charge is 2.22. The van der Waals surface area contributed by atoms with E-state index in [2.05, 4.69) is 0 Å². The largest absolute Gasteiger partial charge is 0.289 e. The van der Waals surface area contributed by atoms with Crippen LogP contribution in [0.4, 0.5) is 0 Å². The number of hydrogen-bond donors (Lipinski definition) is 0. The van der Waals surface area contributed by atoms with Crippen molar-refractivity contribution in [2.24, 2.45) is 0 Å². The van der Waals surface area contributed by atoms with E-state index in [1.165, 1.54) is 0 Å². The van der Waals surface area contributed by atoms with Gasteiger partial charge in [0.05, 0.1) is 0 Å². The summed E-state index contributed by atoms with van der Waals surface area (Å²) < 4.78 is 0. The van der Waals surface area contributed by atoms with Gasteiger partial charge in [0.15, 0.2) is 11.6 Å².